The van der Waals surface area contributed by atoms with Crippen LogP contribution < -0.4 is 20.5 Å². The van der Waals surface area contributed by atoms with Crippen molar-refractivity contribution >= 4 is 45.2 Å². The summed E-state index contributed by atoms with van der Waals surface area (Å²) < 4.78 is 41.7. The van der Waals surface area contributed by atoms with Crippen LogP contribution in [0, 0.1) is 5.82 Å². The maximum Gasteiger partial charge on any atom is 0.164 e. The number of benzene rings is 2. The van der Waals surface area contributed by atoms with E-state index in [1.807, 2.05) is 61.9 Å². The second-order valence-electron chi connectivity index (χ2n) is 11.6. The normalized spacial score (nSPS) is 21.1. The lowest BCUT2D eigenvalue weighted by atomic mass is 10.1. The molecule has 1 aliphatic carbocycles. The van der Waals surface area contributed by atoms with Crippen molar-refractivity contribution in [2.45, 2.75) is 57.5 Å². The van der Waals surface area contributed by atoms with Crippen LogP contribution in [0.1, 0.15) is 32.4 Å². The summed E-state index contributed by atoms with van der Waals surface area (Å²) in [5.74, 6) is 0.651. The molecule has 232 valence electrons. The molecule has 0 spiro atoms. The van der Waals surface area contributed by atoms with Crippen LogP contribution in [0.2, 0.25) is 5.02 Å². The van der Waals surface area contributed by atoms with E-state index < -0.39 is 17.7 Å². The molecule has 0 amide bonds. The quantitative estimate of drug-likeness (QED) is 0.187. The zero-order chi connectivity index (χ0) is 31.5. The number of anilines is 2. The van der Waals surface area contributed by atoms with Crippen LogP contribution in [-0.2, 0) is 16.0 Å². The number of methoxy groups -OCH3 is 1. The highest BCUT2D eigenvalue weighted by Gasteiger charge is 2.52. The Hall–Kier alpha value is -4.45. The van der Waals surface area contributed by atoms with Crippen molar-refractivity contribution in [1.29, 1.82) is 0 Å². The molecule has 2 aliphatic rings. The molecule has 1 aliphatic heterocycles. The van der Waals surface area contributed by atoms with Crippen molar-refractivity contribution in [3.8, 4) is 11.5 Å². The lowest BCUT2D eigenvalue weighted by Crippen LogP contribution is -2.30. The summed E-state index contributed by atoms with van der Waals surface area (Å²) in [5, 5.41) is 4.62. The molecule has 5 aromatic rings. The molecule has 12 heteroatoms. The van der Waals surface area contributed by atoms with Gasteiger partial charge in [-0.1, -0.05) is 29.8 Å². The lowest BCUT2D eigenvalue weighted by Gasteiger charge is -2.23. The van der Waals surface area contributed by atoms with Crippen molar-refractivity contribution in [2.75, 3.05) is 18.2 Å². The third kappa shape index (κ3) is 5.41. The Morgan fingerprint density at radius 3 is 2.67 bits per heavy atom. The smallest absolute Gasteiger partial charge is 0.164 e. The van der Waals surface area contributed by atoms with Crippen LogP contribution in [0.5, 0.6) is 11.5 Å². The molecular formula is C33H32ClFN6O4. The first-order valence-electron chi connectivity index (χ1n) is 14.6. The highest BCUT2D eigenvalue weighted by Crippen LogP contribution is 2.46. The average Bonchev–Trinajstić information content (AvgIpc) is 3.68. The highest BCUT2D eigenvalue weighted by atomic mass is 35.5. The van der Waals surface area contributed by atoms with Gasteiger partial charge in [-0.15, -0.1) is 0 Å². The van der Waals surface area contributed by atoms with Gasteiger partial charge in [0.25, 0.3) is 0 Å². The minimum Gasteiger partial charge on any atom is -0.497 e. The summed E-state index contributed by atoms with van der Waals surface area (Å²) in [6.45, 7) is 6.15. The Morgan fingerprint density at radius 2 is 1.89 bits per heavy atom. The van der Waals surface area contributed by atoms with E-state index in [0.29, 0.717) is 45.5 Å². The maximum absolute atomic E-state index is 15.4. The van der Waals surface area contributed by atoms with E-state index in [1.165, 1.54) is 12.4 Å². The summed E-state index contributed by atoms with van der Waals surface area (Å²) >= 11 is 6.48. The summed E-state index contributed by atoms with van der Waals surface area (Å²) in [7, 11) is 1.62. The molecule has 4 atom stereocenters. The Labute approximate surface area is 263 Å². The second-order valence-corrected chi connectivity index (χ2v) is 12.1. The molecule has 1 saturated heterocycles. The number of hydrogen-bond acceptors (Lipinski definition) is 9. The number of halogens is 2. The van der Waals surface area contributed by atoms with Gasteiger partial charge in [-0.25, -0.2) is 19.3 Å². The number of ether oxygens (including phenoxy) is 4. The zero-order valence-electron chi connectivity index (χ0n) is 25.1. The predicted molar refractivity (Wildman–Crippen MR) is 170 cm³/mol. The second kappa shape index (κ2) is 11.2. The van der Waals surface area contributed by atoms with Gasteiger partial charge >= 0.3 is 0 Å². The van der Waals surface area contributed by atoms with E-state index in [9.17, 15) is 0 Å². The number of nitrogen functional groups attached to an aromatic ring is 1. The van der Waals surface area contributed by atoms with E-state index in [-0.39, 0.29) is 18.2 Å². The molecule has 10 nitrogen and oxygen atoms in total. The van der Waals surface area contributed by atoms with Gasteiger partial charge < -0.3 is 34.6 Å². The maximum atomic E-state index is 15.4. The molecule has 7 rings (SSSR count). The number of nitrogens with zero attached hydrogens (tertiary/aromatic N) is 4. The van der Waals surface area contributed by atoms with Crippen molar-refractivity contribution in [3.63, 3.8) is 0 Å². The fraction of sp³-hybridized carbons (Fsp3) is 0.303. The van der Waals surface area contributed by atoms with Gasteiger partial charge in [-0.2, -0.15) is 0 Å². The molecule has 0 radical (unpaired) electrons. The number of nitrogens with one attached hydrogen (secondary N) is 1. The van der Waals surface area contributed by atoms with Gasteiger partial charge in [0.15, 0.2) is 5.79 Å². The predicted octanol–water partition coefficient (Wildman–Crippen LogP) is 6.44. The number of rotatable bonds is 8. The fourth-order valence-corrected chi connectivity index (χ4v) is 6.32. The van der Waals surface area contributed by atoms with E-state index in [2.05, 4.69) is 26.3 Å². The Balaban J connectivity index is 1.16. The minimum atomic E-state index is -0.808. The van der Waals surface area contributed by atoms with Gasteiger partial charge in [0.1, 0.15) is 59.2 Å². The third-order valence-electron chi connectivity index (χ3n) is 8.23. The first-order chi connectivity index (χ1) is 21.6. The van der Waals surface area contributed by atoms with Crippen molar-refractivity contribution in [3.05, 3.63) is 89.1 Å². The number of aromatic nitrogens is 4. The molecule has 4 heterocycles. The Bertz CT molecular complexity index is 1950. The third-order valence-corrected chi connectivity index (χ3v) is 8.52. The first-order valence-corrected chi connectivity index (χ1v) is 15.0. The van der Waals surface area contributed by atoms with Gasteiger partial charge in [0.2, 0.25) is 0 Å². The highest BCUT2D eigenvalue weighted by molar-refractivity contribution is 6.33. The topological polar surface area (TPSA) is 119 Å². The summed E-state index contributed by atoms with van der Waals surface area (Å²) in [6.07, 6.45) is 4.26. The molecule has 0 saturated carbocycles. The minimum absolute atomic E-state index is 0.235. The standard InChI is InChI=1S/C33H32ClFN6O4/c1-17(22-14-27(29-28(22)44-33(2,3)45-29)41-10-9-21-30(36)38-16-39-32(21)41)43-20-11-25(35)23-13-24(34)31(40-26(23)12-20)37-15-18-5-7-19(42-4)8-6-18/h5-14,16-17,27-29H,15H2,1-4H3,(H,37,40)(H2,36,38,39)/t17?,27-,28-,29+/m1/s1. The summed E-state index contributed by atoms with van der Waals surface area (Å²) in [5.41, 5.74) is 9.09. The molecule has 3 aromatic heterocycles. The number of pyridine rings is 1. The van der Waals surface area contributed by atoms with Gasteiger partial charge in [-0.3, -0.25) is 0 Å². The van der Waals surface area contributed by atoms with E-state index in [4.69, 9.17) is 36.3 Å². The van der Waals surface area contributed by atoms with E-state index in [1.54, 1.807) is 19.2 Å². The summed E-state index contributed by atoms with van der Waals surface area (Å²) in [4.78, 5) is 13.2. The van der Waals surface area contributed by atoms with Crippen LogP contribution in [0.15, 0.2) is 72.7 Å². The van der Waals surface area contributed by atoms with Gasteiger partial charge in [-0.05, 0) is 56.2 Å². The average molecular weight is 631 g/mol. The van der Waals surface area contributed by atoms with Crippen LogP contribution in [0.25, 0.3) is 21.9 Å². The molecule has 0 bridgehead atoms. The van der Waals surface area contributed by atoms with E-state index in [0.717, 1.165) is 22.3 Å². The van der Waals surface area contributed by atoms with Crippen molar-refractivity contribution in [1.82, 2.24) is 19.5 Å². The van der Waals surface area contributed by atoms with Crippen LogP contribution in [-0.4, -0.2) is 50.7 Å². The number of nitrogens with two attached hydrogens (primary N) is 1. The zero-order valence-corrected chi connectivity index (χ0v) is 25.9. The summed E-state index contributed by atoms with van der Waals surface area (Å²) in [6, 6.07) is 13.9. The fourth-order valence-electron chi connectivity index (χ4n) is 6.10. The van der Waals surface area contributed by atoms with Crippen LogP contribution in [0.3, 0.4) is 0 Å². The number of fused-ring (bicyclic) bond motifs is 3. The van der Waals surface area contributed by atoms with E-state index >= 15 is 4.39 Å². The lowest BCUT2D eigenvalue weighted by molar-refractivity contribution is -0.148. The first kappa shape index (κ1) is 29.3. The molecule has 2 aromatic carbocycles. The molecule has 1 unspecified atom stereocenters. The Kier molecular flexibility index (Phi) is 7.26. The molecular weight excluding hydrogens is 599 g/mol. The monoisotopic (exact) mass is 630 g/mol. The van der Waals surface area contributed by atoms with Crippen LogP contribution in [0.4, 0.5) is 16.0 Å². The molecule has 1 fully saturated rings. The van der Waals surface area contributed by atoms with Gasteiger partial charge in [0, 0.05) is 30.3 Å². The molecule has 45 heavy (non-hydrogen) atoms. The van der Waals surface area contributed by atoms with Gasteiger partial charge in [0.05, 0.1) is 29.1 Å². The Morgan fingerprint density at radius 1 is 1.09 bits per heavy atom. The van der Waals surface area contributed by atoms with Crippen LogP contribution >= 0.6 is 11.6 Å². The molecule has 3 N–H and O–H groups in total. The largest absolute Gasteiger partial charge is 0.497 e. The SMILES string of the molecule is COc1ccc(CNc2nc3cc(OC(C)C4=C[C@@H](n5ccc6c(N)ncnc65)[C@@H]5OC(C)(C)O[C@H]45)cc(F)c3cc2Cl)cc1. The van der Waals surface area contributed by atoms with Crippen molar-refractivity contribution in [2.24, 2.45) is 0 Å². The van der Waals surface area contributed by atoms with Crippen molar-refractivity contribution < 1.29 is 23.3 Å². The number of hydrogen-bond donors (Lipinski definition) is 2.